The Balaban J connectivity index is 1.94. The normalized spacial score (nSPS) is 17.1. The second-order valence-electron chi connectivity index (χ2n) is 6.80. The van der Waals surface area contributed by atoms with Crippen molar-refractivity contribution in [1.82, 2.24) is 4.90 Å². The van der Waals surface area contributed by atoms with E-state index < -0.39 is 29.3 Å². The van der Waals surface area contributed by atoms with Crippen LogP contribution in [0.5, 0.6) is 0 Å². The van der Waals surface area contributed by atoms with E-state index in [2.05, 4.69) is 0 Å². The lowest BCUT2D eigenvalue weighted by atomic mass is 9.95. The van der Waals surface area contributed by atoms with Crippen LogP contribution in [-0.4, -0.2) is 41.0 Å². The van der Waals surface area contributed by atoms with Crippen molar-refractivity contribution >= 4 is 11.7 Å². The molecule has 7 heteroatoms. The van der Waals surface area contributed by atoms with Crippen LogP contribution >= 0.6 is 0 Å². The van der Waals surface area contributed by atoms with Crippen molar-refractivity contribution in [2.24, 2.45) is 0 Å². The number of hydrogen-bond acceptors (Lipinski definition) is 5. The summed E-state index contributed by atoms with van der Waals surface area (Å²) in [5.41, 5.74) is 0.285. The minimum absolute atomic E-state index is 0.000689. The highest BCUT2D eigenvalue weighted by Gasteiger charge is 2.44. The fourth-order valence-electron chi connectivity index (χ4n) is 3.23. The molecule has 1 N–H and O–H groups in total. The SMILES string of the molecule is CC(C)OCCCN1C(=O)C(O)=C(C(=O)c2ccco2)[C@@H]1c1cccc(F)c1. The van der Waals surface area contributed by atoms with E-state index in [1.165, 1.54) is 35.4 Å². The van der Waals surface area contributed by atoms with Gasteiger partial charge in [-0.1, -0.05) is 12.1 Å². The van der Waals surface area contributed by atoms with Gasteiger partial charge in [-0.05, 0) is 50.1 Å². The van der Waals surface area contributed by atoms with Crippen LogP contribution in [0.1, 0.15) is 42.4 Å². The van der Waals surface area contributed by atoms with Gasteiger partial charge < -0.3 is 19.2 Å². The summed E-state index contributed by atoms with van der Waals surface area (Å²) in [6, 6.07) is 7.74. The molecule has 1 aromatic carbocycles. The van der Waals surface area contributed by atoms with Gasteiger partial charge in [-0.3, -0.25) is 9.59 Å². The third kappa shape index (κ3) is 3.99. The third-order valence-electron chi connectivity index (χ3n) is 4.45. The summed E-state index contributed by atoms with van der Waals surface area (Å²) >= 11 is 0. The van der Waals surface area contributed by atoms with Crippen LogP contribution in [-0.2, 0) is 9.53 Å². The number of carbonyl (C=O) groups excluding carboxylic acids is 2. The Morgan fingerprint density at radius 2 is 2.11 bits per heavy atom. The highest BCUT2D eigenvalue weighted by molar-refractivity contribution is 6.14. The van der Waals surface area contributed by atoms with E-state index in [4.69, 9.17) is 9.15 Å². The number of amides is 1. The topological polar surface area (TPSA) is 80.0 Å². The number of benzene rings is 1. The summed E-state index contributed by atoms with van der Waals surface area (Å²) in [7, 11) is 0. The van der Waals surface area contributed by atoms with Crippen molar-refractivity contribution in [2.75, 3.05) is 13.2 Å². The second-order valence-corrected chi connectivity index (χ2v) is 6.80. The molecule has 1 aromatic heterocycles. The summed E-state index contributed by atoms with van der Waals surface area (Å²) in [5.74, 6) is -2.41. The maximum absolute atomic E-state index is 13.8. The number of hydrogen-bond donors (Lipinski definition) is 1. The molecule has 0 bridgehead atoms. The number of carbonyl (C=O) groups is 2. The molecule has 1 amide bonds. The quantitative estimate of drug-likeness (QED) is 0.550. The molecule has 1 atom stereocenters. The van der Waals surface area contributed by atoms with Gasteiger partial charge in [-0.25, -0.2) is 4.39 Å². The monoisotopic (exact) mass is 387 g/mol. The summed E-state index contributed by atoms with van der Waals surface area (Å²) in [4.78, 5) is 26.9. The van der Waals surface area contributed by atoms with Crippen LogP contribution in [0.4, 0.5) is 4.39 Å². The van der Waals surface area contributed by atoms with Crippen LogP contribution < -0.4 is 0 Å². The van der Waals surface area contributed by atoms with Crippen molar-refractivity contribution < 1.29 is 28.2 Å². The molecule has 0 fully saturated rings. The number of ketones is 1. The van der Waals surface area contributed by atoms with Crippen molar-refractivity contribution in [1.29, 1.82) is 0 Å². The molecule has 0 saturated heterocycles. The molecule has 148 valence electrons. The molecule has 2 heterocycles. The van der Waals surface area contributed by atoms with E-state index in [1.54, 1.807) is 12.1 Å². The summed E-state index contributed by atoms with van der Waals surface area (Å²) in [6.45, 7) is 4.47. The zero-order chi connectivity index (χ0) is 20.3. The molecule has 2 aromatic rings. The number of Topliss-reactive ketones (excluding diaryl/α,β-unsaturated/α-hetero) is 1. The lowest BCUT2D eigenvalue weighted by Crippen LogP contribution is -2.32. The third-order valence-corrected chi connectivity index (χ3v) is 4.45. The minimum atomic E-state index is -0.903. The number of furan rings is 1. The van der Waals surface area contributed by atoms with Crippen LogP contribution in [0, 0.1) is 5.82 Å². The fourth-order valence-corrected chi connectivity index (χ4v) is 3.23. The van der Waals surface area contributed by atoms with Gasteiger partial charge in [0.05, 0.1) is 24.0 Å². The van der Waals surface area contributed by atoms with E-state index in [0.717, 1.165) is 0 Å². The Labute approximate surface area is 162 Å². The van der Waals surface area contributed by atoms with E-state index in [-0.39, 0.29) is 24.0 Å². The lowest BCUT2D eigenvalue weighted by Gasteiger charge is -2.26. The largest absolute Gasteiger partial charge is 0.503 e. The van der Waals surface area contributed by atoms with Crippen LogP contribution in [0.3, 0.4) is 0 Å². The molecule has 0 spiro atoms. The molecule has 0 saturated carbocycles. The average Bonchev–Trinajstić information content (AvgIpc) is 3.27. The maximum Gasteiger partial charge on any atom is 0.290 e. The molecule has 0 aliphatic carbocycles. The number of aliphatic hydroxyl groups excluding tert-OH is 1. The zero-order valence-corrected chi connectivity index (χ0v) is 15.7. The first-order chi connectivity index (χ1) is 13.4. The van der Waals surface area contributed by atoms with Crippen molar-refractivity contribution in [2.45, 2.75) is 32.4 Å². The van der Waals surface area contributed by atoms with E-state index in [9.17, 15) is 19.1 Å². The highest BCUT2D eigenvalue weighted by Crippen LogP contribution is 2.39. The molecular weight excluding hydrogens is 365 g/mol. The fraction of sp³-hybridized carbons (Fsp3) is 0.333. The molecular formula is C21H22FNO5. The number of rotatable bonds is 8. The van der Waals surface area contributed by atoms with Gasteiger partial charge in [0.15, 0.2) is 11.5 Å². The molecule has 6 nitrogen and oxygen atoms in total. The molecule has 0 radical (unpaired) electrons. The number of nitrogens with zero attached hydrogens (tertiary/aromatic N) is 1. The molecule has 0 unspecified atom stereocenters. The Bertz CT molecular complexity index is 888. The van der Waals surface area contributed by atoms with Crippen molar-refractivity contribution in [3.05, 3.63) is 71.1 Å². The van der Waals surface area contributed by atoms with Gasteiger partial charge in [0.2, 0.25) is 5.78 Å². The summed E-state index contributed by atoms with van der Waals surface area (Å²) < 4.78 is 24.5. The maximum atomic E-state index is 13.8. The molecule has 1 aliphatic heterocycles. The Morgan fingerprint density at radius 3 is 2.75 bits per heavy atom. The first-order valence-electron chi connectivity index (χ1n) is 9.09. The van der Waals surface area contributed by atoms with Crippen LogP contribution in [0.15, 0.2) is 58.4 Å². The van der Waals surface area contributed by atoms with Crippen molar-refractivity contribution in [3.63, 3.8) is 0 Å². The van der Waals surface area contributed by atoms with Crippen molar-refractivity contribution in [3.8, 4) is 0 Å². The van der Waals surface area contributed by atoms with Gasteiger partial charge >= 0.3 is 0 Å². The number of halogens is 1. The summed E-state index contributed by atoms with van der Waals surface area (Å²) in [5, 5.41) is 10.4. The molecule has 28 heavy (non-hydrogen) atoms. The summed E-state index contributed by atoms with van der Waals surface area (Å²) in [6.07, 6.45) is 1.89. The smallest absolute Gasteiger partial charge is 0.290 e. The number of ether oxygens (including phenoxy) is 1. The van der Waals surface area contributed by atoms with Gasteiger partial charge in [0.25, 0.3) is 5.91 Å². The first kappa shape index (κ1) is 19.8. The predicted molar refractivity (Wildman–Crippen MR) is 99.3 cm³/mol. The molecule has 3 rings (SSSR count). The van der Waals surface area contributed by atoms with E-state index in [1.807, 2.05) is 13.8 Å². The highest BCUT2D eigenvalue weighted by atomic mass is 19.1. The van der Waals surface area contributed by atoms with E-state index >= 15 is 0 Å². The van der Waals surface area contributed by atoms with Gasteiger partial charge in [0, 0.05) is 13.2 Å². The van der Waals surface area contributed by atoms with Gasteiger partial charge in [0.1, 0.15) is 5.82 Å². The Morgan fingerprint density at radius 1 is 1.32 bits per heavy atom. The standard InChI is InChI=1S/C21H22FNO5/c1-13(2)27-11-5-9-23-18(14-6-3-7-15(22)12-14)17(20(25)21(23)26)19(24)16-8-4-10-28-16/h3-4,6-8,10,12-13,18,25H,5,9,11H2,1-2H3/t18-/m0/s1. The van der Waals surface area contributed by atoms with Crippen LogP contribution in [0.25, 0.3) is 0 Å². The number of aliphatic hydroxyl groups is 1. The van der Waals surface area contributed by atoms with Gasteiger partial charge in [-0.15, -0.1) is 0 Å². The Kier molecular flexibility index (Phi) is 5.94. The predicted octanol–water partition coefficient (Wildman–Crippen LogP) is 3.81. The minimum Gasteiger partial charge on any atom is -0.503 e. The molecule has 1 aliphatic rings. The zero-order valence-electron chi connectivity index (χ0n) is 15.7. The first-order valence-corrected chi connectivity index (χ1v) is 9.09. The second kappa shape index (κ2) is 8.39. The average molecular weight is 387 g/mol. The Hall–Kier alpha value is -2.93. The lowest BCUT2D eigenvalue weighted by molar-refractivity contribution is -0.129. The van der Waals surface area contributed by atoms with E-state index in [0.29, 0.717) is 18.6 Å². The van der Waals surface area contributed by atoms with Crippen LogP contribution in [0.2, 0.25) is 0 Å². The van der Waals surface area contributed by atoms with Gasteiger partial charge in [-0.2, -0.15) is 0 Å².